The molecule has 0 aliphatic carbocycles. The van der Waals surface area contributed by atoms with Crippen LogP contribution in [0.15, 0.2) is 52.7 Å². The van der Waals surface area contributed by atoms with Gasteiger partial charge in [-0.25, -0.2) is 13.4 Å². The highest BCUT2D eigenvalue weighted by Gasteiger charge is 2.13. The lowest BCUT2D eigenvalue weighted by Gasteiger charge is -2.18. The summed E-state index contributed by atoms with van der Waals surface area (Å²) < 4.78 is 34.2. The van der Waals surface area contributed by atoms with Crippen LogP contribution < -0.4 is 14.8 Å². The van der Waals surface area contributed by atoms with E-state index < -0.39 is 9.84 Å². The van der Waals surface area contributed by atoms with Crippen LogP contribution in [0.1, 0.15) is 0 Å². The van der Waals surface area contributed by atoms with E-state index in [1.54, 1.807) is 24.3 Å². The first kappa shape index (κ1) is 16.9. The van der Waals surface area contributed by atoms with E-state index in [9.17, 15) is 8.42 Å². The first-order chi connectivity index (χ1) is 12.5. The van der Waals surface area contributed by atoms with Crippen LogP contribution >= 0.6 is 11.3 Å². The lowest BCUT2D eigenvalue weighted by atomic mass is 10.2. The summed E-state index contributed by atoms with van der Waals surface area (Å²) in [6, 6.07) is 12.4. The molecule has 2 heterocycles. The zero-order chi connectivity index (χ0) is 18.1. The third kappa shape index (κ3) is 3.51. The maximum atomic E-state index is 11.5. The molecule has 8 heteroatoms. The molecule has 0 unspecified atom stereocenters. The van der Waals surface area contributed by atoms with Gasteiger partial charge in [0.05, 0.1) is 10.6 Å². The van der Waals surface area contributed by atoms with Gasteiger partial charge in [-0.15, -0.1) is 11.3 Å². The standard InChI is InChI=1S/C18H16N2O4S2/c1-26(21,22)14-5-2-12(3-6-14)15-11-25-18(20-15)19-13-4-7-16-17(10-13)24-9-8-23-16/h2-7,10-11H,8-9H2,1H3,(H,19,20). The quantitative estimate of drug-likeness (QED) is 0.734. The van der Waals surface area contributed by atoms with Crippen molar-refractivity contribution in [2.24, 2.45) is 0 Å². The van der Waals surface area contributed by atoms with E-state index in [-0.39, 0.29) is 0 Å². The van der Waals surface area contributed by atoms with Crippen molar-refractivity contribution in [2.45, 2.75) is 4.90 Å². The number of thiazole rings is 1. The van der Waals surface area contributed by atoms with Crippen LogP contribution in [0.4, 0.5) is 10.8 Å². The molecule has 0 spiro atoms. The molecule has 0 fully saturated rings. The maximum absolute atomic E-state index is 11.5. The van der Waals surface area contributed by atoms with Crippen molar-refractivity contribution in [1.82, 2.24) is 4.98 Å². The first-order valence-electron chi connectivity index (χ1n) is 7.92. The molecule has 1 N–H and O–H groups in total. The minimum absolute atomic E-state index is 0.297. The highest BCUT2D eigenvalue weighted by molar-refractivity contribution is 7.90. The van der Waals surface area contributed by atoms with Gasteiger partial charge < -0.3 is 14.8 Å². The Morgan fingerprint density at radius 2 is 1.77 bits per heavy atom. The highest BCUT2D eigenvalue weighted by Crippen LogP contribution is 2.34. The molecule has 3 aromatic rings. The Hall–Kier alpha value is -2.58. The number of fused-ring (bicyclic) bond motifs is 1. The van der Waals surface area contributed by atoms with Crippen LogP contribution in [0.5, 0.6) is 11.5 Å². The number of anilines is 2. The van der Waals surface area contributed by atoms with E-state index >= 15 is 0 Å². The summed E-state index contributed by atoms with van der Waals surface area (Å²) in [4.78, 5) is 4.86. The number of benzene rings is 2. The average molecular weight is 388 g/mol. The van der Waals surface area contributed by atoms with Crippen LogP contribution in [0.3, 0.4) is 0 Å². The SMILES string of the molecule is CS(=O)(=O)c1ccc(-c2csc(Nc3ccc4c(c3)OCCO4)n2)cc1. The van der Waals surface area contributed by atoms with Gasteiger partial charge in [0.25, 0.3) is 0 Å². The van der Waals surface area contributed by atoms with Crippen molar-refractivity contribution in [3.63, 3.8) is 0 Å². The molecule has 1 aliphatic rings. The Labute approximate surface area is 155 Å². The third-order valence-corrected chi connectivity index (χ3v) is 5.76. The van der Waals surface area contributed by atoms with Crippen LogP contribution in [0.2, 0.25) is 0 Å². The number of ether oxygens (including phenoxy) is 2. The summed E-state index contributed by atoms with van der Waals surface area (Å²) in [6.07, 6.45) is 1.19. The van der Waals surface area contributed by atoms with Crippen LogP contribution in [-0.2, 0) is 9.84 Å². The van der Waals surface area contributed by atoms with Crippen molar-refractivity contribution in [2.75, 3.05) is 24.8 Å². The molecule has 0 saturated carbocycles. The van der Waals surface area contributed by atoms with Crippen molar-refractivity contribution >= 4 is 32.0 Å². The fourth-order valence-electron chi connectivity index (χ4n) is 2.58. The van der Waals surface area contributed by atoms with Crippen LogP contribution in [-0.4, -0.2) is 32.9 Å². The molecule has 1 aliphatic heterocycles. The third-order valence-electron chi connectivity index (χ3n) is 3.88. The molecule has 2 aromatic carbocycles. The predicted molar refractivity (Wildman–Crippen MR) is 101 cm³/mol. The van der Waals surface area contributed by atoms with E-state index in [4.69, 9.17) is 9.47 Å². The molecule has 26 heavy (non-hydrogen) atoms. The van der Waals surface area contributed by atoms with Gasteiger partial charge >= 0.3 is 0 Å². The van der Waals surface area contributed by atoms with Gasteiger partial charge in [-0.2, -0.15) is 0 Å². The van der Waals surface area contributed by atoms with Gasteiger partial charge in [0.15, 0.2) is 26.5 Å². The van der Waals surface area contributed by atoms with Crippen molar-refractivity contribution < 1.29 is 17.9 Å². The van der Waals surface area contributed by atoms with Crippen LogP contribution in [0.25, 0.3) is 11.3 Å². The number of sulfone groups is 1. The minimum Gasteiger partial charge on any atom is -0.486 e. The summed E-state index contributed by atoms with van der Waals surface area (Å²) in [5, 5.41) is 5.92. The Morgan fingerprint density at radius 3 is 2.50 bits per heavy atom. The lowest BCUT2D eigenvalue weighted by Crippen LogP contribution is -2.15. The van der Waals surface area contributed by atoms with Crippen LogP contribution in [0, 0.1) is 0 Å². The Morgan fingerprint density at radius 1 is 1.04 bits per heavy atom. The number of rotatable bonds is 4. The number of nitrogens with zero attached hydrogens (tertiary/aromatic N) is 1. The molecule has 134 valence electrons. The Kier molecular flexibility index (Phi) is 4.29. The lowest BCUT2D eigenvalue weighted by molar-refractivity contribution is 0.171. The number of hydrogen-bond donors (Lipinski definition) is 1. The fraction of sp³-hybridized carbons (Fsp3) is 0.167. The second-order valence-corrected chi connectivity index (χ2v) is 8.69. The van der Waals surface area contributed by atoms with Crippen molar-refractivity contribution in [3.05, 3.63) is 47.8 Å². The molecule has 1 aromatic heterocycles. The van der Waals surface area contributed by atoms with Gasteiger partial charge in [-0.3, -0.25) is 0 Å². The van der Waals surface area contributed by atoms with Gasteiger partial charge in [0.2, 0.25) is 0 Å². The van der Waals surface area contributed by atoms with E-state index in [2.05, 4.69) is 10.3 Å². The molecular formula is C18H16N2O4S2. The number of hydrogen-bond acceptors (Lipinski definition) is 7. The second kappa shape index (κ2) is 6.62. The minimum atomic E-state index is -3.20. The zero-order valence-electron chi connectivity index (χ0n) is 13.9. The van der Waals surface area contributed by atoms with Gasteiger partial charge in [0.1, 0.15) is 13.2 Å². The average Bonchev–Trinajstić information content (AvgIpc) is 3.09. The van der Waals surface area contributed by atoms with Gasteiger partial charge in [0, 0.05) is 29.0 Å². The predicted octanol–water partition coefficient (Wildman–Crippen LogP) is 3.73. The summed E-state index contributed by atoms with van der Waals surface area (Å²) in [6.45, 7) is 1.11. The largest absolute Gasteiger partial charge is 0.486 e. The normalized spacial score (nSPS) is 13.4. The topological polar surface area (TPSA) is 77.5 Å². The van der Waals surface area contributed by atoms with Gasteiger partial charge in [-0.1, -0.05) is 12.1 Å². The maximum Gasteiger partial charge on any atom is 0.187 e. The van der Waals surface area contributed by atoms with Crippen molar-refractivity contribution in [3.8, 4) is 22.8 Å². The number of aromatic nitrogens is 1. The molecule has 0 bridgehead atoms. The summed E-state index contributed by atoms with van der Waals surface area (Å²) in [5.74, 6) is 1.46. The van der Waals surface area contributed by atoms with Crippen molar-refractivity contribution in [1.29, 1.82) is 0 Å². The molecular weight excluding hydrogens is 372 g/mol. The van der Waals surface area contributed by atoms with E-state index in [0.717, 1.165) is 33.6 Å². The zero-order valence-corrected chi connectivity index (χ0v) is 15.6. The van der Waals surface area contributed by atoms with E-state index in [1.165, 1.54) is 17.6 Å². The number of nitrogens with one attached hydrogen (secondary N) is 1. The molecule has 6 nitrogen and oxygen atoms in total. The molecule has 0 radical (unpaired) electrons. The Bertz CT molecular complexity index is 1040. The van der Waals surface area contributed by atoms with E-state index in [0.29, 0.717) is 18.1 Å². The Balaban J connectivity index is 1.53. The van der Waals surface area contributed by atoms with Gasteiger partial charge in [-0.05, 0) is 24.3 Å². The van der Waals surface area contributed by atoms with E-state index in [1.807, 2.05) is 23.6 Å². The first-order valence-corrected chi connectivity index (χ1v) is 10.7. The fourth-order valence-corrected chi connectivity index (χ4v) is 3.95. The molecule has 0 amide bonds. The summed E-state index contributed by atoms with van der Waals surface area (Å²) >= 11 is 1.47. The molecule has 4 rings (SSSR count). The molecule has 0 saturated heterocycles. The summed E-state index contributed by atoms with van der Waals surface area (Å²) in [7, 11) is -3.20. The highest BCUT2D eigenvalue weighted by atomic mass is 32.2. The smallest absolute Gasteiger partial charge is 0.187 e. The summed E-state index contributed by atoms with van der Waals surface area (Å²) in [5.41, 5.74) is 2.52. The second-order valence-electron chi connectivity index (χ2n) is 5.82. The monoisotopic (exact) mass is 388 g/mol. The molecule has 0 atom stereocenters.